The summed E-state index contributed by atoms with van der Waals surface area (Å²) in [5, 5.41) is 8.70. The van der Waals surface area contributed by atoms with Crippen molar-refractivity contribution in [1.29, 1.82) is 0 Å². The lowest BCUT2D eigenvalue weighted by atomic mass is 10.5. The molecule has 24 heavy (non-hydrogen) atoms. The first-order valence-corrected chi connectivity index (χ1v) is 8.75. The summed E-state index contributed by atoms with van der Waals surface area (Å²) < 4.78 is 13.5. The largest absolute Gasteiger partial charge is 0.388 e. The first kappa shape index (κ1) is 39.0. The van der Waals surface area contributed by atoms with Gasteiger partial charge in [0, 0.05) is 41.7 Å². The van der Waals surface area contributed by atoms with Crippen LogP contribution in [0.4, 0.5) is 0 Å². The average molecular weight is 358 g/mol. The fourth-order valence-electron chi connectivity index (χ4n) is 0.454. The van der Waals surface area contributed by atoms with Crippen LogP contribution in [0.3, 0.4) is 0 Å². The van der Waals surface area contributed by atoms with Crippen molar-refractivity contribution in [2.75, 3.05) is 82.9 Å². The van der Waals surface area contributed by atoms with Gasteiger partial charge in [0.05, 0.1) is 0 Å². The van der Waals surface area contributed by atoms with E-state index in [0.717, 1.165) is 32.7 Å². The molecule has 0 radical (unpaired) electrons. The molecule has 0 saturated carbocycles. The quantitative estimate of drug-likeness (QED) is 0.679. The minimum Gasteiger partial charge on any atom is -0.388 e. The molecule has 0 bridgehead atoms. The van der Waals surface area contributed by atoms with Gasteiger partial charge in [-0.25, -0.2) is 0 Å². The molecule has 6 heteroatoms. The number of methoxy groups -OCH3 is 3. The van der Waals surface area contributed by atoms with E-state index in [4.69, 9.17) is 4.74 Å². The van der Waals surface area contributed by atoms with Gasteiger partial charge in [-0.05, 0) is 61.0 Å². The zero-order valence-electron chi connectivity index (χ0n) is 19.0. The van der Waals surface area contributed by atoms with Crippen molar-refractivity contribution in [3.63, 3.8) is 0 Å². The molecule has 156 valence electrons. The van der Waals surface area contributed by atoms with Crippen molar-refractivity contribution in [3.05, 3.63) is 0 Å². The third kappa shape index (κ3) is 283. The zero-order valence-corrected chi connectivity index (χ0v) is 19.0. The van der Waals surface area contributed by atoms with E-state index in [0.29, 0.717) is 0 Å². The summed E-state index contributed by atoms with van der Waals surface area (Å²) in [4.78, 5) is 0. The highest BCUT2D eigenvalue weighted by Crippen LogP contribution is 1.70. The molecular formula is C18H51N3O3. The minimum absolute atomic E-state index is 0.819. The Morgan fingerprint density at radius 1 is 0.667 bits per heavy atom. The van der Waals surface area contributed by atoms with Gasteiger partial charge in [-0.15, -0.1) is 0 Å². The van der Waals surface area contributed by atoms with Crippen LogP contribution in [0, 0.1) is 0 Å². The maximum atomic E-state index is 4.69. The summed E-state index contributed by atoms with van der Waals surface area (Å²) in [7, 11) is 14.3. The molecule has 0 aromatic rings. The molecule has 0 rings (SSSR count). The van der Waals surface area contributed by atoms with Crippen molar-refractivity contribution in [3.8, 4) is 0 Å². The fourth-order valence-corrected chi connectivity index (χ4v) is 0.454. The van der Waals surface area contributed by atoms with Gasteiger partial charge in [-0.3, -0.25) is 0 Å². The van der Waals surface area contributed by atoms with Gasteiger partial charge in [0.1, 0.15) is 0 Å². The monoisotopic (exact) mass is 357 g/mol. The predicted molar refractivity (Wildman–Crippen MR) is 111 cm³/mol. The van der Waals surface area contributed by atoms with Crippen LogP contribution in [0.2, 0.25) is 0 Å². The van der Waals surface area contributed by atoms with Crippen molar-refractivity contribution >= 4 is 0 Å². The van der Waals surface area contributed by atoms with E-state index in [9.17, 15) is 0 Å². The number of ether oxygens (including phenoxy) is 3. The lowest BCUT2D eigenvalue weighted by Crippen LogP contribution is -2.04. The van der Waals surface area contributed by atoms with Gasteiger partial charge in [0.2, 0.25) is 0 Å². The summed E-state index contributed by atoms with van der Waals surface area (Å²) in [6.45, 7) is 12.2. The van der Waals surface area contributed by atoms with Crippen LogP contribution < -0.4 is 16.0 Å². The third-order valence-electron chi connectivity index (χ3n) is 1.55. The van der Waals surface area contributed by atoms with Crippen LogP contribution in [0.15, 0.2) is 0 Å². The highest BCUT2D eigenvalue weighted by atomic mass is 16.5. The molecule has 0 atom stereocenters. The smallest absolute Gasteiger partial charge is 0.0459 e. The normalized spacial score (nSPS) is 7.50. The Balaban J connectivity index is -0.0000000410. The summed E-state index contributed by atoms with van der Waals surface area (Å²) in [6, 6.07) is 0. The summed E-state index contributed by atoms with van der Waals surface area (Å²) in [5.41, 5.74) is 0. The molecule has 0 aromatic heterocycles. The maximum Gasteiger partial charge on any atom is 0.0459 e. The molecule has 0 amide bonds. The van der Waals surface area contributed by atoms with Crippen LogP contribution in [0.25, 0.3) is 0 Å². The minimum atomic E-state index is 0.819. The molecule has 0 unspecified atom stereocenters. The highest BCUT2D eigenvalue weighted by Gasteiger charge is 1.66. The number of nitrogens with one attached hydrogen (secondary N) is 3. The Hall–Kier alpha value is -0.240. The van der Waals surface area contributed by atoms with E-state index in [1.54, 1.807) is 28.4 Å². The fraction of sp³-hybridized carbons (Fsp3) is 1.00. The van der Waals surface area contributed by atoms with Crippen LogP contribution in [-0.2, 0) is 14.2 Å². The molecule has 0 aliphatic rings. The van der Waals surface area contributed by atoms with Gasteiger partial charge < -0.3 is 30.2 Å². The molecule has 3 N–H and O–H groups in total. The van der Waals surface area contributed by atoms with E-state index in [1.165, 1.54) is 6.42 Å². The molecule has 0 fully saturated rings. The van der Waals surface area contributed by atoms with Gasteiger partial charge in [-0.2, -0.15) is 0 Å². The average Bonchev–Trinajstić information content (AvgIpc) is 2.59. The molecule has 0 aliphatic heterocycles. The SMILES string of the molecule is CCCNC.CCCOC.CCNC.CCOC.CNC.COC. The zero-order chi connectivity index (χ0) is 20.5. The van der Waals surface area contributed by atoms with E-state index < -0.39 is 0 Å². The predicted octanol–water partition coefficient (Wildman–Crippen LogP) is 2.64. The summed E-state index contributed by atoms with van der Waals surface area (Å²) in [5.74, 6) is 0. The van der Waals surface area contributed by atoms with Gasteiger partial charge in [0.25, 0.3) is 0 Å². The Bertz CT molecular complexity index is 91.5. The Kier molecular flexibility index (Phi) is 127. The summed E-state index contributed by atoms with van der Waals surface area (Å²) >= 11 is 0. The van der Waals surface area contributed by atoms with E-state index in [2.05, 4.69) is 46.2 Å². The first-order valence-electron chi connectivity index (χ1n) is 8.75. The molecule has 6 nitrogen and oxygen atoms in total. The summed E-state index contributed by atoms with van der Waals surface area (Å²) in [6.07, 6.45) is 2.35. The molecule has 0 aliphatic carbocycles. The van der Waals surface area contributed by atoms with Gasteiger partial charge in [0.15, 0.2) is 0 Å². The lowest BCUT2D eigenvalue weighted by molar-refractivity contribution is 0.199. The number of hydrogen-bond donors (Lipinski definition) is 3. The second-order valence-corrected chi connectivity index (χ2v) is 4.29. The number of hydrogen-bond acceptors (Lipinski definition) is 6. The van der Waals surface area contributed by atoms with Crippen molar-refractivity contribution in [2.24, 2.45) is 0 Å². The molecule has 0 spiro atoms. The third-order valence-corrected chi connectivity index (χ3v) is 1.55. The lowest BCUT2D eigenvalue weighted by Gasteiger charge is -1.84. The van der Waals surface area contributed by atoms with E-state index in [-0.39, 0.29) is 0 Å². The highest BCUT2D eigenvalue weighted by molar-refractivity contribution is 4.28. The van der Waals surface area contributed by atoms with Crippen molar-refractivity contribution < 1.29 is 14.2 Å². The van der Waals surface area contributed by atoms with Crippen LogP contribution >= 0.6 is 0 Å². The maximum absolute atomic E-state index is 4.69. The van der Waals surface area contributed by atoms with Crippen LogP contribution in [0.1, 0.15) is 40.5 Å². The van der Waals surface area contributed by atoms with Gasteiger partial charge >= 0.3 is 0 Å². The Morgan fingerprint density at radius 3 is 1.00 bits per heavy atom. The van der Waals surface area contributed by atoms with Crippen LogP contribution in [0.5, 0.6) is 0 Å². The number of rotatable bonds is 6. The Morgan fingerprint density at radius 2 is 1.00 bits per heavy atom. The molecule has 0 saturated heterocycles. The molecule has 0 aromatic carbocycles. The second-order valence-electron chi connectivity index (χ2n) is 4.29. The van der Waals surface area contributed by atoms with Crippen molar-refractivity contribution in [2.45, 2.75) is 40.5 Å². The van der Waals surface area contributed by atoms with Gasteiger partial charge in [-0.1, -0.05) is 20.8 Å². The topological polar surface area (TPSA) is 63.8 Å². The van der Waals surface area contributed by atoms with E-state index >= 15 is 0 Å². The molecule has 0 heterocycles. The Labute approximate surface area is 154 Å². The van der Waals surface area contributed by atoms with Crippen LogP contribution in [-0.4, -0.2) is 82.9 Å². The van der Waals surface area contributed by atoms with E-state index in [1.807, 2.05) is 35.1 Å². The van der Waals surface area contributed by atoms with Crippen molar-refractivity contribution in [1.82, 2.24) is 16.0 Å². The first-order chi connectivity index (χ1) is 11.5. The second kappa shape index (κ2) is 77.9. The standard InChI is InChI=1S/C4H11N.C4H10O.C3H9N.C3H8O.C2H7N.C2H6O/c2*1-3-4-5-2;2*1-3-4-2;2*1-3-2/h5H,3-4H2,1-2H3;3-4H2,1-2H3;4H,3H2,1-2H3;3H2,1-2H3;3H,1-2H3;1-2H3. The molecular weight excluding hydrogens is 306 g/mol.